The Kier molecular flexibility index (Phi) is 2.97. The fourth-order valence-corrected chi connectivity index (χ4v) is 1.78. The fraction of sp³-hybridized carbons (Fsp3) is 0.154. The summed E-state index contributed by atoms with van der Waals surface area (Å²) >= 11 is 0. The Hall–Kier alpha value is -2.06. The maximum Gasteiger partial charge on any atom is 0.418 e. The third-order valence-corrected chi connectivity index (χ3v) is 2.65. The van der Waals surface area contributed by atoms with Gasteiger partial charge in [0.25, 0.3) is 0 Å². The first kappa shape index (κ1) is 12.4. The van der Waals surface area contributed by atoms with Crippen molar-refractivity contribution in [2.24, 2.45) is 0 Å². The van der Waals surface area contributed by atoms with Crippen LogP contribution in [0.1, 0.15) is 17.2 Å². The maximum absolute atomic E-state index is 12.5. The monoisotopic (exact) mass is 251 g/mol. The van der Waals surface area contributed by atoms with Crippen molar-refractivity contribution in [1.29, 1.82) is 5.26 Å². The molecule has 0 spiro atoms. The largest absolute Gasteiger partial charge is 0.418 e. The standard InChI is InChI=1S/C13H8F3NO/c14-13(15,16)12(18)10-3-1-2-9-5-4-8(7-17)6-11(9)10/h1-6,12,18H. The van der Waals surface area contributed by atoms with Crippen LogP contribution < -0.4 is 0 Å². The number of hydrogen-bond acceptors (Lipinski definition) is 2. The Morgan fingerprint density at radius 2 is 1.89 bits per heavy atom. The van der Waals surface area contributed by atoms with Crippen LogP contribution >= 0.6 is 0 Å². The smallest absolute Gasteiger partial charge is 0.379 e. The summed E-state index contributed by atoms with van der Waals surface area (Å²) in [4.78, 5) is 0. The van der Waals surface area contributed by atoms with Gasteiger partial charge in [0.15, 0.2) is 6.10 Å². The van der Waals surface area contributed by atoms with Gasteiger partial charge in [-0.05, 0) is 28.5 Å². The number of hydrogen-bond donors (Lipinski definition) is 1. The molecule has 0 fully saturated rings. The minimum Gasteiger partial charge on any atom is -0.379 e. The van der Waals surface area contributed by atoms with Gasteiger partial charge in [0.2, 0.25) is 0 Å². The molecule has 0 radical (unpaired) electrons. The summed E-state index contributed by atoms with van der Waals surface area (Å²) in [6.45, 7) is 0. The zero-order valence-electron chi connectivity index (χ0n) is 9.07. The van der Waals surface area contributed by atoms with Crippen LogP contribution in [0.5, 0.6) is 0 Å². The van der Waals surface area contributed by atoms with E-state index in [4.69, 9.17) is 5.26 Å². The molecule has 0 heterocycles. The van der Waals surface area contributed by atoms with E-state index in [1.807, 2.05) is 6.07 Å². The van der Waals surface area contributed by atoms with E-state index in [9.17, 15) is 18.3 Å². The lowest BCUT2D eigenvalue weighted by atomic mass is 9.98. The lowest BCUT2D eigenvalue weighted by Crippen LogP contribution is -2.20. The average molecular weight is 251 g/mol. The molecule has 5 heteroatoms. The van der Waals surface area contributed by atoms with Gasteiger partial charge in [0.05, 0.1) is 11.6 Å². The molecular weight excluding hydrogens is 243 g/mol. The molecule has 0 aliphatic heterocycles. The van der Waals surface area contributed by atoms with E-state index >= 15 is 0 Å². The lowest BCUT2D eigenvalue weighted by molar-refractivity contribution is -0.206. The van der Waals surface area contributed by atoms with E-state index in [0.717, 1.165) is 0 Å². The molecule has 0 amide bonds. The number of aliphatic hydroxyl groups excluding tert-OH is 1. The molecule has 92 valence electrons. The molecule has 18 heavy (non-hydrogen) atoms. The summed E-state index contributed by atoms with van der Waals surface area (Å²) in [5.41, 5.74) is 0.0152. The van der Waals surface area contributed by atoms with Gasteiger partial charge < -0.3 is 5.11 Å². The third-order valence-electron chi connectivity index (χ3n) is 2.65. The summed E-state index contributed by atoms with van der Waals surface area (Å²) < 4.78 is 37.6. The molecule has 1 N–H and O–H groups in total. The highest BCUT2D eigenvalue weighted by molar-refractivity contribution is 5.87. The Labute approximate surface area is 101 Å². The lowest BCUT2D eigenvalue weighted by Gasteiger charge is -2.16. The molecule has 2 rings (SSSR count). The van der Waals surface area contributed by atoms with Crippen molar-refractivity contribution < 1.29 is 18.3 Å². The Bertz CT molecular complexity index is 628. The van der Waals surface area contributed by atoms with Crippen LogP contribution in [-0.4, -0.2) is 11.3 Å². The van der Waals surface area contributed by atoms with Crippen molar-refractivity contribution >= 4 is 10.8 Å². The van der Waals surface area contributed by atoms with Gasteiger partial charge in [-0.25, -0.2) is 0 Å². The molecular formula is C13H8F3NO. The van der Waals surface area contributed by atoms with Crippen molar-refractivity contribution in [2.45, 2.75) is 12.3 Å². The second-order valence-corrected chi connectivity index (χ2v) is 3.84. The third kappa shape index (κ3) is 2.15. The van der Waals surface area contributed by atoms with Gasteiger partial charge in [-0.2, -0.15) is 18.4 Å². The predicted molar refractivity (Wildman–Crippen MR) is 59.7 cm³/mol. The number of nitrogens with zero attached hydrogens (tertiary/aromatic N) is 1. The van der Waals surface area contributed by atoms with E-state index in [0.29, 0.717) is 5.39 Å². The second kappa shape index (κ2) is 4.31. The van der Waals surface area contributed by atoms with Gasteiger partial charge in [-0.15, -0.1) is 0 Å². The number of rotatable bonds is 1. The first-order valence-electron chi connectivity index (χ1n) is 5.11. The summed E-state index contributed by atoms with van der Waals surface area (Å²) in [6.07, 6.45) is -7.27. The normalized spacial score (nSPS) is 13.3. The Morgan fingerprint density at radius 1 is 1.17 bits per heavy atom. The Balaban J connectivity index is 2.68. The molecule has 0 aromatic heterocycles. The van der Waals surface area contributed by atoms with E-state index in [2.05, 4.69) is 0 Å². The summed E-state index contributed by atoms with van der Waals surface area (Å²) in [6, 6.07) is 10.6. The van der Waals surface area contributed by atoms with Gasteiger partial charge in [0.1, 0.15) is 0 Å². The molecule has 0 saturated carbocycles. The number of fused-ring (bicyclic) bond motifs is 1. The number of nitriles is 1. The summed E-state index contributed by atoms with van der Waals surface area (Å²) in [7, 11) is 0. The average Bonchev–Trinajstić information content (AvgIpc) is 2.35. The van der Waals surface area contributed by atoms with Gasteiger partial charge in [-0.3, -0.25) is 0 Å². The summed E-state index contributed by atoms with van der Waals surface area (Å²) in [5.74, 6) is 0. The van der Waals surface area contributed by atoms with Crippen LogP contribution in [0.2, 0.25) is 0 Å². The molecule has 2 nitrogen and oxygen atoms in total. The fourth-order valence-electron chi connectivity index (χ4n) is 1.78. The first-order chi connectivity index (χ1) is 8.43. The van der Waals surface area contributed by atoms with Crippen molar-refractivity contribution in [1.82, 2.24) is 0 Å². The topological polar surface area (TPSA) is 44.0 Å². The second-order valence-electron chi connectivity index (χ2n) is 3.84. The quantitative estimate of drug-likeness (QED) is 0.845. The van der Waals surface area contributed by atoms with Crippen LogP contribution in [0.25, 0.3) is 10.8 Å². The predicted octanol–water partition coefficient (Wildman–Crippen LogP) is 3.31. The van der Waals surface area contributed by atoms with Crippen molar-refractivity contribution in [3.05, 3.63) is 47.5 Å². The Morgan fingerprint density at radius 3 is 2.50 bits per heavy atom. The molecule has 0 saturated heterocycles. The zero-order chi connectivity index (χ0) is 13.3. The van der Waals surface area contributed by atoms with E-state index in [-0.39, 0.29) is 16.5 Å². The van der Waals surface area contributed by atoms with Gasteiger partial charge in [0, 0.05) is 0 Å². The SMILES string of the molecule is N#Cc1ccc2cccc(C(O)C(F)(F)F)c2c1. The van der Waals surface area contributed by atoms with Crippen LogP contribution in [0.3, 0.4) is 0 Å². The van der Waals surface area contributed by atoms with Crippen molar-refractivity contribution in [3.8, 4) is 6.07 Å². The maximum atomic E-state index is 12.5. The number of aliphatic hydroxyl groups is 1. The van der Waals surface area contributed by atoms with Crippen molar-refractivity contribution in [3.63, 3.8) is 0 Å². The summed E-state index contributed by atoms with van der Waals surface area (Å²) in [5, 5.41) is 18.9. The highest BCUT2D eigenvalue weighted by Crippen LogP contribution is 2.36. The van der Waals surface area contributed by atoms with Crippen molar-refractivity contribution in [2.75, 3.05) is 0 Å². The molecule has 2 aromatic rings. The van der Waals surface area contributed by atoms with Crippen LogP contribution in [-0.2, 0) is 0 Å². The van der Waals surface area contributed by atoms with E-state index in [1.165, 1.54) is 24.3 Å². The molecule has 1 atom stereocenters. The van der Waals surface area contributed by atoms with Crippen LogP contribution in [0, 0.1) is 11.3 Å². The molecule has 0 aliphatic carbocycles. The molecule has 2 aromatic carbocycles. The zero-order valence-corrected chi connectivity index (χ0v) is 9.07. The van der Waals surface area contributed by atoms with Gasteiger partial charge in [-0.1, -0.05) is 24.3 Å². The van der Waals surface area contributed by atoms with Gasteiger partial charge >= 0.3 is 6.18 Å². The highest BCUT2D eigenvalue weighted by atomic mass is 19.4. The minimum atomic E-state index is -4.73. The van der Waals surface area contributed by atoms with Crippen LogP contribution in [0.15, 0.2) is 36.4 Å². The highest BCUT2D eigenvalue weighted by Gasteiger charge is 2.40. The number of alkyl halides is 3. The van der Waals surface area contributed by atoms with E-state index < -0.39 is 12.3 Å². The van der Waals surface area contributed by atoms with Crippen LogP contribution in [0.4, 0.5) is 13.2 Å². The first-order valence-corrected chi connectivity index (χ1v) is 5.11. The molecule has 1 unspecified atom stereocenters. The molecule has 0 aliphatic rings. The minimum absolute atomic E-state index is 0.237. The van der Waals surface area contributed by atoms with E-state index in [1.54, 1.807) is 12.1 Å². The number of halogens is 3. The number of benzene rings is 2. The molecule has 0 bridgehead atoms.